The van der Waals surface area contributed by atoms with Crippen LogP contribution in [-0.4, -0.2) is 39.5 Å². The van der Waals surface area contributed by atoms with Crippen molar-refractivity contribution in [1.29, 1.82) is 0 Å². The van der Waals surface area contributed by atoms with Crippen LogP contribution in [0.15, 0.2) is 65.4 Å². The Bertz CT molecular complexity index is 1110. The van der Waals surface area contributed by atoms with Crippen LogP contribution in [0.3, 0.4) is 0 Å². The van der Waals surface area contributed by atoms with Crippen LogP contribution < -0.4 is 10.2 Å². The van der Waals surface area contributed by atoms with E-state index in [1.807, 2.05) is 89.3 Å². The van der Waals surface area contributed by atoms with Crippen LogP contribution in [0, 0.1) is 0 Å². The molecule has 7 nitrogen and oxygen atoms in total. The fourth-order valence-corrected chi connectivity index (χ4v) is 4.08. The summed E-state index contributed by atoms with van der Waals surface area (Å²) in [6.45, 7) is 9.54. The van der Waals surface area contributed by atoms with E-state index in [0.29, 0.717) is 5.76 Å². The van der Waals surface area contributed by atoms with Crippen LogP contribution >= 0.6 is 0 Å². The third-order valence-electron chi connectivity index (χ3n) is 5.47. The monoisotopic (exact) mass is 434 g/mol. The van der Waals surface area contributed by atoms with Gasteiger partial charge < -0.3 is 19.2 Å². The van der Waals surface area contributed by atoms with Gasteiger partial charge in [-0.05, 0) is 71.0 Å². The Kier molecular flexibility index (Phi) is 5.59. The van der Waals surface area contributed by atoms with Crippen molar-refractivity contribution >= 4 is 17.6 Å². The van der Waals surface area contributed by atoms with Gasteiger partial charge in [0.05, 0.1) is 23.3 Å². The summed E-state index contributed by atoms with van der Waals surface area (Å²) in [6.07, 6.45) is 3.60. The fraction of sp³-hybridized carbons (Fsp3) is 0.360. The maximum Gasteiger partial charge on any atom is 0.318 e. The number of hydrogen-bond acceptors (Lipinski definition) is 3. The van der Waals surface area contributed by atoms with Gasteiger partial charge >= 0.3 is 6.03 Å². The normalized spacial score (nSPS) is 15.3. The van der Waals surface area contributed by atoms with Crippen LogP contribution in [0.25, 0.3) is 5.69 Å². The molecule has 3 aromatic rings. The van der Waals surface area contributed by atoms with E-state index in [-0.39, 0.29) is 24.5 Å². The second-order valence-electron chi connectivity index (χ2n) is 9.38. The predicted octanol–water partition coefficient (Wildman–Crippen LogP) is 4.72. The second kappa shape index (κ2) is 8.22. The number of amides is 3. The predicted molar refractivity (Wildman–Crippen MR) is 124 cm³/mol. The number of nitrogens with zero attached hydrogens (tertiary/aromatic N) is 3. The molecule has 0 aliphatic carbocycles. The standard InChI is InChI=1S/C25H30N4O3/c1-17(2)28(24(31)26-25(3,4)5)16-22(30)29-19-11-7-6-10-18(19)27-14-8-12-20(27)23(29)21-13-9-15-32-21/h6-15,17,23H,16H2,1-5H3,(H,26,31). The number of carbonyl (C=O) groups is 2. The molecule has 0 spiro atoms. The molecule has 3 amide bonds. The fourth-order valence-electron chi connectivity index (χ4n) is 4.08. The van der Waals surface area contributed by atoms with E-state index in [0.717, 1.165) is 17.1 Å². The molecule has 168 valence electrons. The molecule has 0 bridgehead atoms. The molecule has 1 aromatic carbocycles. The van der Waals surface area contributed by atoms with Gasteiger partial charge in [-0.2, -0.15) is 0 Å². The second-order valence-corrected chi connectivity index (χ2v) is 9.38. The Labute approximate surface area is 188 Å². The van der Waals surface area contributed by atoms with Crippen LogP contribution in [0.4, 0.5) is 10.5 Å². The minimum Gasteiger partial charge on any atom is -0.467 e. The molecule has 2 aromatic heterocycles. The largest absolute Gasteiger partial charge is 0.467 e. The highest BCUT2D eigenvalue weighted by Gasteiger charge is 2.38. The van der Waals surface area contributed by atoms with Crippen molar-refractivity contribution in [3.8, 4) is 5.69 Å². The van der Waals surface area contributed by atoms with Crippen molar-refractivity contribution in [3.05, 3.63) is 72.4 Å². The van der Waals surface area contributed by atoms with E-state index >= 15 is 0 Å². The van der Waals surface area contributed by atoms with Crippen LogP contribution in [0.1, 0.15) is 52.1 Å². The van der Waals surface area contributed by atoms with E-state index in [4.69, 9.17) is 4.42 Å². The third-order valence-corrected chi connectivity index (χ3v) is 5.47. The maximum atomic E-state index is 13.8. The number of urea groups is 1. The Balaban J connectivity index is 1.74. The van der Waals surface area contributed by atoms with E-state index in [1.54, 1.807) is 16.1 Å². The molecule has 3 heterocycles. The molecule has 0 saturated carbocycles. The van der Waals surface area contributed by atoms with Crippen molar-refractivity contribution in [1.82, 2.24) is 14.8 Å². The van der Waals surface area contributed by atoms with Gasteiger partial charge in [-0.15, -0.1) is 0 Å². The molecule has 32 heavy (non-hydrogen) atoms. The Hall–Kier alpha value is -3.48. The summed E-state index contributed by atoms with van der Waals surface area (Å²) in [5.41, 5.74) is 2.23. The van der Waals surface area contributed by atoms with E-state index in [9.17, 15) is 9.59 Å². The molecular formula is C25H30N4O3. The molecule has 1 unspecified atom stereocenters. The third kappa shape index (κ3) is 4.02. The SMILES string of the molecule is CC(C)N(CC(=O)N1c2ccccc2-n2cccc2C1c1ccco1)C(=O)NC(C)(C)C. The Morgan fingerprint density at radius 3 is 2.41 bits per heavy atom. The van der Waals surface area contributed by atoms with Crippen molar-refractivity contribution in [2.24, 2.45) is 0 Å². The van der Waals surface area contributed by atoms with Crippen molar-refractivity contribution in [2.75, 3.05) is 11.4 Å². The minimum absolute atomic E-state index is 0.0498. The molecule has 0 radical (unpaired) electrons. The quantitative estimate of drug-likeness (QED) is 0.646. The van der Waals surface area contributed by atoms with Gasteiger partial charge in [-0.3, -0.25) is 9.69 Å². The molecular weight excluding hydrogens is 404 g/mol. The average molecular weight is 435 g/mol. The lowest BCUT2D eigenvalue weighted by Gasteiger charge is -2.39. The first kappa shape index (κ1) is 21.7. The average Bonchev–Trinajstić information content (AvgIpc) is 3.41. The number of aromatic nitrogens is 1. The van der Waals surface area contributed by atoms with Gasteiger partial charge in [0.2, 0.25) is 5.91 Å². The van der Waals surface area contributed by atoms with Crippen molar-refractivity contribution in [2.45, 2.75) is 52.2 Å². The van der Waals surface area contributed by atoms with Gasteiger partial charge in [-0.25, -0.2) is 4.79 Å². The summed E-state index contributed by atoms with van der Waals surface area (Å²) < 4.78 is 7.84. The number of fused-ring (bicyclic) bond motifs is 3. The summed E-state index contributed by atoms with van der Waals surface area (Å²) in [5, 5.41) is 2.97. The first-order chi connectivity index (χ1) is 15.2. The van der Waals surface area contributed by atoms with E-state index in [1.165, 1.54) is 0 Å². The summed E-state index contributed by atoms with van der Waals surface area (Å²) in [5.74, 6) is 0.493. The highest BCUT2D eigenvalue weighted by molar-refractivity contribution is 6.00. The molecule has 4 rings (SSSR count). The van der Waals surface area contributed by atoms with Gasteiger partial charge in [-0.1, -0.05) is 12.1 Å². The van der Waals surface area contributed by atoms with Crippen molar-refractivity contribution in [3.63, 3.8) is 0 Å². The first-order valence-electron chi connectivity index (χ1n) is 10.9. The number of benzene rings is 1. The molecule has 0 fully saturated rings. The minimum atomic E-state index is -0.429. The van der Waals surface area contributed by atoms with E-state index in [2.05, 4.69) is 9.88 Å². The summed E-state index contributed by atoms with van der Waals surface area (Å²) >= 11 is 0. The van der Waals surface area contributed by atoms with Crippen molar-refractivity contribution < 1.29 is 14.0 Å². The Morgan fingerprint density at radius 1 is 1.06 bits per heavy atom. The number of nitrogens with one attached hydrogen (secondary N) is 1. The number of rotatable bonds is 4. The van der Waals surface area contributed by atoms with Crippen LogP contribution in [0.5, 0.6) is 0 Å². The molecule has 1 atom stereocenters. The highest BCUT2D eigenvalue weighted by atomic mass is 16.3. The highest BCUT2D eigenvalue weighted by Crippen LogP contribution is 2.42. The van der Waals surface area contributed by atoms with Gasteiger partial charge in [0, 0.05) is 17.8 Å². The zero-order valence-corrected chi connectivity index (χ0v) is 19.2. The van der Waals surface area contributed by atoms with Gasteiger partial charge in [0.1, 0.15) is 18.3 Å². The van der Waals surface area contributed by atoms with Gasteiger partial charge in [0.25, 0.3) is 0 Å². The maximum absolute atomic E-state index is 13.8. The van der Waals surface area contributed by atoms with Gasteiger partial charge in [0.15, 0.2) is 0 Å². The molecule has 1 aliphatic rings. The zero-order chi connectivity index (χ0) is 23.0. The first-order valence-corrected chi connectivity index (χ1v) is 10.9. The number of furan rings is 1. The number of hydrogen-bond donors (Lipinski definition) is 1. The lowest BCUT2D eigenvalue weighted by Crippen LogP contribution is -2.54. The lowest BCUT2D eigenvalue weighted by molar-refractivity contribution is -0.120. The van der Waals surface area contributed by atoms with Crippen LogP contribution in [0.2, 0.25) is 0 Å². The molecule has 1 N–H and O–H groups in total. The van der Waals surface area contributed by atoms with Crippen LogP contribution in [-0.2, 0) is 4.79 Å². The number of carbonyl (C=O) groups excluding carboxylic acids is 2. The topological polar surface area (TPSA) is 70.7 Å². The Morgan fingerprint density at radius 2 is 1.78 bits per heavy atom. The smallest absolute Gasteiger partial charge is 0.318 e. The summed E-state index contributed by atoms with van der Waals surface area (Å²) in [4.78, 5) is 30.1. The molecule has 0 saturated heterocycles. The van der Waals surface area contributed by atoms with E-state index < -0.39 is 11.6 Å². The number of anilines is 1. The summed E-state index contributed by atoms with van der Waals surface area (Å²) in [6, 6.07) is 14.6. The number of para-hydroxylation sites is 2. The molecule has 7 heteroatoms. The zero-order valence-electron chi connectivity index (χ0n) is 19.2. The summed E-state index contributed by atoms with van der Waals surface area (Å²) in [7, 11) is 0. The lowest BCUT2D eigenvalue weighted by atomic mass is 10.0. The molecule has 1 aliphatic heterocycles.